The van der Waals surface area contributed by atoms with Gasteiger partial charge in [0.15, 0.2) is 11.6 Å². The summed E-state index contributed by atoms with van der Waals surface area (Å²) in [6.07, 6.45) is 3.09. The number of carbonyl (C=O) groups excluding carboxylic acids is 1. The van der Waals surface area contributed by atoms with Gasteiger partial charge in [-0.15, -0.1) is 0 Å². The zero-order valence-electron chi connectivity index (χ0n) is 10.7. The normalized spacial score (nSPS) is 16.9. The molecule has 0 saturated carbocycles. The molecular weight excluding hydrogens is 230 g/mol. The second-order valence-corrected chi connectivity index (χ2v) is 4.94. The molecule has 1 amide bonds. The number of piperidine rings is 1. The van der Waals surface area contributed by atoms with Crippen LogP contribution in [0.4, 0.5) is 0 Å². The molecule has 0 aliphatic carbocycles. The van der Waals surface area contributed by atoms with Crippen molar-refractivity contribution in [1.82, 2.24) is 9.88 Å². The van der Waals surface area contributed by atoms with Crippen LogP contribution in [0.15, 0.2) is 10.7 Å². The molecule has 1 aromatic rings. The standard InChI is InChI=1S/C13H17N3O2/c1-9(2)13(17)16-5-3-10(4-6-16)12-15-11(7-14)8-18-12/h8-10H,3-6H2,1-2H3. The van der Waals surface area contributed by atoms with E-state index in [9.17, 15) is 4.79 Å². The van der Waals surface area contributed by atoms with Gasteiger partial charge >= 0.3 is 0 Å². The first-order chi connectivity index (χ1) is 8.61. The maximum Gasteiger partial charge on any atom is 0.225 e. The van der Waals surface area contributed by atoms with Gasteiger partial charge in [0.05, 0.1) is 0 Å². The highest BCUT2D eigenvalue weighted by molar-refractivity contribution is 5.78. The Hall–Kier alpha value is -1.83. The summed E-state index contributed by atoms with van der Waals surface area (Å²) in [5, 5.41) is 8.70. The predicted molar refractivity (Wildman–Crippen MR) is 64.6 cm³/mol. The van der Waals surface area contributed by atoms with Crippen molar-refractivity contribution in [2.75, 3.05) is 13.1 Å². The summed E-state index contributed by atoms with van der Waals surface area (Å²) in [6, 6.07) is 1.96. The Balaban J connectivity index is 1.94. The number of likely N-dealkylation sites (tertiary alicyclic amines) is 1. The Labute approximate surface area is 106 Å². The first-order valence-electron chi connectivity index (χ1n) is 6.26. The van der Waals surface area contributed by atoms with Gasteiger partial charge in [-0.2, -0.15) is 5.26 Å². The van der Waals surface area contributed by atoms with Gasteiger partial charge in [-0.05, 0) is 12.8 Å². The first kappa shape index (κ1) is 12.6. The molecule has 5 heteroatoms. The van der Waals surface area contributed by atoms with E-state index < -0.39 is 0 Å². The van der Waals surface area contributed by atoms with Gasteiger partial charge in [-0.25, -0.2) is 4.98 Å². The summed E-state index contributed by atoms with van der Waals surface area (Å²) in [4.78, 5) is 17.9. The lowest BCUT2D eigenvalue weighted by molar-refractivity contribution is -0.135. The molecule has 0 N–H and O–H groups in total. The second kappa shape index (κ2) is 5.21. The fourth-order valence-corrected chi connectivity index (χ4v) is 2.24. The van der Waals surface area contributed by atoms with Crippen LogP contribution in [0.1, 0.15) is 44.2 Å². The average molecular weight is 247 g/mol. The molecule has 0 atom stereocenters. The van der Waals surface area contributed by atoms with Crippen molar-refractivity contribution in [2.45, 2.75) is 32.6 Å². The number of rotatable bonds is 2. The van der Waals surface area contributed by atoms with E-state index in [-0.39, 0.29) is 17.7 Å². The summed E-state index contributed by atoms with van der Waals surface area (Å²) >= 11 is 0. The van der Waals surface area contributed by atoms with Crippen LogP contribution in [0.3, 0.4) is 0 Å². The Morgan fingerprint density at radius 1 is 1.56 bits per heavy atom. The third-order valence-corrected chi connectivity index (χ3v) is 3.29. The third kappa shape index (κ3) is 2.53. The van der Waals surface area contributed by atoms with E-state index in [1.807, 2.05) is 24.8 Å². The van der Waals surface area contributed by atoms with Gasteiger partial charge in [0.1, 0.15) is 12.3 Å². The molecule has 1 saturated heterocycles. The number of hydrogen-bond donors (Lipinski definition) is 0. The van der Waals surface area contributed by atoms with Crippen LogP contribution in [0.2, 0.25) is 0 Å². The zero-order chi connectivity index (χ0) is 13.1. The molecule has 2 heterocycles. The lowest BCUT2D eigenvalue weighted by Crippen LogP contribution is -2.40. The number of nitrogens with zero attached hydrogens (tertiary/aromatic N) is 3. The van der Waals surface area contributed by atoms with Crippen LogP contribution in [-0.4, -0.2) is 28.9 Å². The van der Waals surface area contributed by atoms with Gasteiger partial charge in [0.25, 0.3) is 0 Å². The second-order valence-electron chi connectivity index (χ2n) is 4.94. The minimum Gasteiger partial charge on any atom is -0.447 e. The topological polar surface area (TPSA) is 70.1 Å². The van der Waals surface area contributed by atoms with E-state index in [1.54, 1.807) is 0 Å². The zero-order valence-corrected chi connectivity index (χ0v) is 10.7. The molecule has 18 heavy (non-hydrogen) atoms. The summed E-state index contributed by atoms with van der Waals surface area (Å²) in [5.41, 5.74) is 0.325. The molecule has 1 fully saturated rings. The molecule has 0 unspecified atom stereocenters. The van der Waals surface area contributed by atoms with E-state index in [4.69, 9.17) is 9.68 Å². The van der Waals surface area contributed by atoms with Crippen LogP contribution in [0, 0.1) is 17.2 Å². The van der Waals surface area contributed by atoms with E-state index in [1.165, 1.54) is 6.26 Å². The summed E-state index contributed by atoms with van der Waals surface area (Å²) in [6.45, 7) is 5.32. The van der Waals surface area contributed by atoms with Crippen molar-refractivity contribution < 1.29 is 9.21 Å². The SMILES string of the molecule is CC(C)C(=O)N1CCC(c2nc(C#N)co2)CC1. The van der Waals surface area contributed by atoms with E-state index in [2.05, 4.69) is 4.98 Å². The number of amides is 1. The highest BCUT2D eigenvalue weighted by atomic mass is 16.3. The minimum absolute atomic E-state index is 0.0495. The lowest BCUT2D eigenvalue weighted by Gasteiger charge is -2.31. The van der Waals surface area contributed by atoms with Crippen molar-refractivity contribution in [1.29, 1.82) is 5.26 Å². The lowest BCUT2D eigenvalue weighted by atomic mass is 9.96. The number of nitriles is 1. The third-order valence-electron chi connectivity index (χ3n) is 3.29. The van der Waals surface area contributed by atoms with Gasteiger partial charge in [-0.1, -0.05) is 13.8 Å². The van der Waals surface area contributed by atoms with Crippen molar-refractivity contribution in [3.63, 3.8) is 0 Å². The molecule has 5 nitrogen and oxygen atoms in total. The van der Waals surface area contributed by atoms with Crippen LogP contribution < -0.4 is 0 Å². The minimum atomic E-state index is 0.0495. The van der Waals surface area contributed by atoms with E-state index in [0.29, 0.717) is 11.6 Å². The van der Waals surface area contributed by atoms with Crippen LogP contribution >= 0.6 is 0 Å². The van der Waals surface area contributed by atoms with Crippen molar-refractivity contribution in [3.05, 3.63) is 17.8 Å². The van der Waals surface area contributed by atoms with Gasteiger partial charge in [-0.3, -0.25) is 4.79 Å². The molecule has 1 aliphatic heterocycles. The van der Waals surface area contributed by atoms with E-state index in [0.717, 1.165) is 25.9 Å². The Morgan fingerprint density at radius 2 is 2.22 bits per heavy atom. The molecule has 0 bridgehead atoms. The first-order valence-corrected chi connectivity index (χ1v) is 6.26. The molecule has 1 aromatic heterocycles. The monoisotopic (exact) mass is 247 g/mol. The summed E-state index contributed by atoms with van der Waals surface area (Å²) in [7, 11) is 0. The molecule has 0 spiro atoms. The molecular formula is C13H17N3O2. The maximum absolute atomic E-state index is 11.8. The van der Waals surface area contributed by atoms with Crippen LogP contribution in [-0.2, 0) is 4.79 Å². The molecule has 1 aliphatic rings. The largest absolute Gasteiger partial charge is 0.447 e. The highest BCUT2D eigenvalue weighted by Gasteiger charge is 2.27. The Bertz CT molecular complexity index is 465. The van der Waals surface area contributed by atoms with Crippen molar-refractivity contribution >= 4 is 5.91 Å². The molecule has 0 aromatic carbocycles. The fourth-order valence-electron chi connectivity index (χ4n) is 2.24. The number of hydrogen-bond acceptors (Lipinski definition) is 4. The van der Waals surface area contributed by atoms with Crippen LogP contribution in [0.25, 0.3) is 0 Å². The summed E-state index contributed by atoms with van der Waals surface area (Å²) in [5.74, 6) is 1.11. The summed E-state index contributed by atoms with van der Waals surface area (Å²) < 4.78 is 5.30. The predicted octanol–water partition coefficient (Wildman–Crippen LogP) is 1.91. The van der Waals surface area contributed by atoms with E-state index >= 15 is 0 Å². The quantitative estimate of drug-likeness (QED) is 0.800. The molecule has 96 valence electrons. The van der Waals surface area contributed by atoms with Gasteiger partial charge in [0.2, 0.25) is 5.91 Å². The molecule has 2 rings (SSSR count). The fraction of sp³-hybridized carbons (Fsp3) is 0.615. The van der Waals surface area contributed by atoms with Crippen molar-refractivity contribution in [2.24, 2.45) is 5.92 Å². The molecule has 0 radical (unpaired) electrons. The number of oxazole rings is 1. The average Bonchev–Trinajstić information content (AvgIpc) is 2.86. The van der Waals surface area contributed by atoms with Crippen LogP contribution in [0.5, 0.6) is 0 Å². The Kier molecular flexibility index (Phi) is 3.66. The maximum atomic E-state index is 11.8. The smallest absolute Gasteiger partial charge is 0.225 e. The number of aromatic nitrogens is 1. The Morgan fingerprint density at radius 3 is 2.72 bits per heavy atom. The number of carbonyl (C=O) groups is 1. The van der Waals surface area contributed by atoms with Gasteiger partial charge in [0, 0.05) is 24.9 Å². The van der Waals surface area contributed by atoms with Crippen molar-refractivity contribution in [3.8, 4) is 6.07 Å². The highest BCUT2D eigenvalue weighted by Crippen LogP contribution is 2.27. The van der Waals surface area contributed by atoms with Gasteiger partial charge < -0.3 is 9.32 Å².